The summed E-state index contributed by atoms with van der Waals surface area (Å²) in [5.74, 6) is 1.72. The molecule has 1 N–H and O–H groups in total. The number of hydrogen-bond donors (Lipinski definition) is 1. The standard InChI is InChI=1S/C15H17N5O2/c1-3-6-16-14(21)9-11-8-13-17-10(2)19-20(13)15(18-11)12-5-4-7-22-12/h4-5,7-8H,3,6,9H2,1-2H3,(H,16,21). The normalized spacial score (nSPS) is 11.0. The van der Waals surface area contributed by atoms with E-state index in [0.29, 0.717) is 35.3 Å². The van der Waals surface area contributed by atoms with Crippen molar-refractivity contribution in [2.75, 3.05) is 6.54 Å². The van der Waals surface area contributed by atoms with Crippen LogP contribution in [0.15, 0.2) is 28.9 Å². The summed E-state index contributed by atoms with van der Waals surface area (Å²) in [5, 5.41) is 7.16. The zero-order valence-corrected chi connectivity index (χ0v) is 12.5. The second-order valence-corrected chi connectivity index (χ2v) is 5.00. The number of aromatic nitrogens is 4. The van der Waals surface area contributed by atoms with Crippen molar-refractivity contribution < 1.29 is 9.21 Å². The molecule has 1 amide bonds. The zero-order chi connectivity index (χ0) is 15.5. The maximum absolute atomic E-state index is 11.9. The first-order chi connectivity index (χ1) is 10.7. The van der Waals surface area contributed by atoms with E-state index in [-0.39, 0.29) is 12.3 Å². The van der Waals surface area contributed by atoms with E-state index < -0.39 is 0 Å². The van der Waals surface area contributed by atoms with E-state index in [2.05, 4.69) is 20.4 Å². The van der Waals surface area contributed by atoms with Crippen LogP contribution in [0.4, 0.5) is 0 Å². The minimum Gasteiger partial charge on any atom is -0.461 e. The van der Waals surface area contributed by atoms with E-state index in [0.717, 1.165) is 6.42 Å². The van der Waals surface area contributed by atoms with Gasteiger partial charge in [-0.15, -0.1) is 5.10 Å². The summed E-state index contributed by atoms with van der Waals surface area (Å²) in [7, 11) is 0. The Morgan fingerprint density at radius 1 is 1.41 bits per heavy atom. The van der Waals surface area contributed by atoms with Crippen LogP contribution in [0.5, 0.6) is 0 Å². The first kappa shape index (κ1) is 14.2. The van der Waals surface area contributed by atoms with E-state index in [1.807, 2.05) is 13.8 Å². The van der Waals surface area contributed by atoms with Crippen LogP contribution >= 0.6 is 0 Å². The van der Waals surface area contributed by atoms with Gasteiger partial charge >= 0.3 is 0 Å². The van der Waals surface area contributed by atoms with Gasteiger partial charge in [-0.3, -0.25) is 4.79 Å². The van der Waals surface area contributed by atoms with Gasteiger partial charge in [0.05, 0.1) is 18.4 Å². The summed E-state index contributed by atoms with van der Waals surface area (Å²) in [6.45, 7) is 4.49. The van der Waals surface area contributed by atoms with Crippen molar-refractivity contribution in [3.05, 3.63) is 36.0 Å². The van der Waals surface area contributed by atoms with E-state index >= 15 is 0 Å². The Morgan fingerprint density at radius 3 is 3.00 bits per heavy atom. The number of carbonyl (C=O) groups excluding carboxylic acids is 1. The largest absolute Gasteiger partial charge is 0.461 e. The topological polar surface area (TPSA) is 85.3 Å². The molecule has 3 heterocycles. The summed E-state index contributed by atoms with van der Waals surface area (Å²) in [6.07, 6.45) is 2.68. The van der Waals surface area contributed by atoms with E-state index in [1.165, 1.54) is 0 Å². The Bertz CT molecular complexity index is 792. The third-order valence-corrected chi connectivity index (χ3v) is 3.14. The molecule has 3 aromatic rings. The smallest absolute Gasteiger partial charge is 0.226 e. The molecule has 0 aliphatic heterocycles. The van der Waals surface area contributed by atoms with Gasteiger partial charge in [-0.25, -0.2) is 9.97 Å². The zero-order valence-electron chi connectivity index (χ0n) is 12.5. The van der Waals surface area contributed by atoms with Gasteiger partial charge < -0.3 is 9.73 Å². The molecule has 7 heteroatoms. The molecule has 0 saturated heterocycles. The van der Waals surface area contributed by atoms with Crippen LogP contribution in [-0.2, 0) is 11.2 Å². The molecule has 0 atom stereocenters. The molecule has 3 aromatic heterocycles. The van der Waals surface area contributed by atoms with Crippen LogP contribution in [-0.4, -0.2) is 32.0 Å². The van der Waals surface area contributed by atoms with Gasteiger partial charge in [0.15, 0.2) is 17.2 Å². The molecule has 3 rings (SSSR count). The van der Waals surface area contributed by atoms with Gasteiger partial charge in [0.25, 0.3) is 0 Å². The van der Waals surface area contributed by atoms with Crippen molar-refractivity contribution in [2.24, 2.45) is 0 Å². The lowest BCUT2D eigenvalue weighted by Gasteiger charge is -2.06. The highest BCUT2D eigenvalue weighted by atomic mass is 16.3. The average molecular weight is 299 g/mol. The molecular formula is C15H17N5O2. The maximum Gasteiger partial charge on any atom is 0.226 e. The van der Waals surface area contributed by atoms with E-state index in [9.17, 15) is 4.79 Å². The minimum absolute atomic E-state index is 0.0552. The summed E-state index contributed by atoms with van der Waals surface area (Å²) < 4.78 is 7.04. The Balaban J connectivity index is 2.00. The highest BCUT2D eigenvalue weighted by Crippen LogP contribution is 2.19. The Morgan fingerprint density at radius 2 is 2.27 bits per heavy atom. The second-order valence-electron chi connectivity index (χ2n) is 5.00. The second kappa shape index (κ2) is 5.97. The predicted octanol–water partition coefficient (Wildman–Crippen LogP) is 1.76. The Hall–Kier alpha value is -2.70. The quantitative estimate of drug-likeness (QED) is 0.776. The van der Waals surface area contributed by atoms with Crippen molar-refractivity contribution in [1.82, 2.24) is 24.9 Å². The fraction of sp³-hybridized carbons (Fsp3) is 0.333. The number of aryl methyl sites for hydroxylation is 1. The third kappa shape index (κ3) is 2.83. The summed E-state index contributed by atoms with van der Waals surface area (Å²) >= 11 is 0. The first-order valence-corrected chi connectivity index (χ1v) is 7.21. The first-order valence-electron chi connectivity index (χ1n) is 7.21. The number of rotatable bonds is 5. The summed E-state index contributed by atoms with van der Waals surface area (Å²) in [6, 6.07) is 5.37. The van der Waals surface area contributed by atoms with Gasteiger partial charge in [0.2, 0.25) is 5.91 Å². The van der Waals surface area contributed by atoms with Crippen molar-refractivity contribution >= 4 is 11.6 Å². The van der Waals surface area contributed by atoms with Crippen molar-refractivity contribution in [2.45, 2.75) is 26.7 Å². The molecule has 0 aromatic carbocycles. The van der Waals surface area contributed by atoms with Crippen molar-refractivity contribution in [3.8, 4) is 11.6 Å². The average Bonchev–Trinajstić information content (AvgIpc) is 3.12. The Kier molecular flexibility index (Phi) is 3.86. The Labute approximate surface area is 127 Å². The van der Waals surface area contributed by atoms with Gasteiger partial charge in [-0.1, -0.05) is 6.92 Å². The molecule has 0 fully saturated rings. The van der Waals surface area contributed by atoms with Crippen molar-refractivity contribution in [1.29, 1.82) is 0 Å². The lowest BCUT2D eigenvalue weighted by Crippen LogP contribution is -2.26. The molecule has 0 bridgehead atoms. The molecule has 0 aliphatic rings. The van der Waals surface area contributed by atoms with Gasteiger partial charge in [0, 0.05) is 12.6 Å². The maximum atomic E-state index is 11.9. The van der Waals surface area contributed by atoms with Crippen LogP contribution in [0.25, 0.3) is 17.2 Å². The molecule has 7 nitrogen and oxygen atoms in total. The number of carbonyl (C=O) groups is 1. The highest BCUT2D eigenvalue weighted by molar-refractivity contribution is 5.78. The number of nitrogens with zero attached hydrogens (tertiary/aromatic N) is 4. The minimum atomic E-state index is -0.0552. The molecule has 0 spiro atoms. The third-order valence-electron chi connectivity index (χ3n) is 3.14. The number of hydrogen-bond acceptors (Lipinski definition) is 5. The molecule has 114 valence electrons. The van der Waals surface area contributed by atoms with Crippen molar-refractivity contribution in [3.63, 3.8) is 0 Å². The SMILES string of the molecule is CCCNC(=O)Cc1cc2nc(C)nn2c(-c2ccco2)n1. The monoisotopic (exact) mass is 299 g/mol. The van der Waals surface area contributed by atoms with Gasteiger partial charge in [0.1, 0.15) is 5.82 Å². The predicted molar refractivity (Wildman–Crippen MR) is 80.2 cm³/mol. The van der Waals surface area contributed by atoms with E-state index in [4.69, 9.17) is 4.42 Å². The number of fused-ring (bicyclic) bond motifs is 1. The number of nitrogens with one attached hydrogen (secondary N) is 1. The summed E-state index contributed by atoms with van der Waals surface area (Å²) in [4.78, 5) is 20.8. The van der Waals surface area contributed by atoms with Gasteiger partial charge in [-0.05, 0) is 25.5 Å². The fourth-order valence-corrected chi connectivity index (χ4v) is 2.19. The van der Waals surface area contributed by atoms with E-state index in [1.54, 1.807) is 29.0 Å². The number of amides is 1. The molecule has 0 unspecified atom stereocenters. The number of furan rings is 1. The molecule has 22 heavy (non-hydrogen) atoms. The lowest BCUT2D eigenvalue weighted by molar-refractivity contribution is -0.120. The molecular weight excluding hydrogens is 282 g/mol. The fourth-order valence-electron chi connectivity index (χ4n) is 2.19. The molecule has 0 aliphatic carbocycles. The highest BCUT2D eigenvalue weighted by Gasteiger charge is 2.15. The van der Waals surface area contributed by atoms with Crippen LogP contribution in [0, 0.1) is 6.92 Å². The van der Waals surface area contributed by atoms with Crippen LogP contribution in [0.2, 0.25) is 0 Å². The lowest BCUT2D eigenvalue weighted by atomic mass is 10.2. The van der Waals surface area contributed by atoms with Gasteiger partial charge in [-0.2, -0.15) is 4.52 Å². The summed E-state index contributed by atoms with van der Waals surface area (Å²) in [5.41, 5.74) is 1.29. The van der Waals surface area contributed by atoms with Crippen LogP contribution in [0.3, 0.4) is 0 Å². The molecule has 0 saturated carbocycles. The van der Waals surface area contributed by atoms with Crippen LogP contribution in [0.1, 0.15) is 24.9 Å². The molecule has 0 radical (unpaired) electrons. The van der Waals surface area contributed by atoms with Crippen LogP contribution < -0.4 is 5.32 Å².